The highest BCUT2D eigenvalue weighted by Gasteiger charge is 2.21. The van der Waals surface area contributed by atoms with Crippen molar-refractivity contribution >= 4 is 23.0 Å². The largest absolute Gasteiger partial charge is 0.497 e. The summed E-state index contributed by atoms with van der Waals surface area (Å²) >= 11 is 1.36. The Kier molecular flexibility index (Phi) is 13.6. The number of hydrogen-bond acceptors (Lipinski definition) is 5. The third-order valence-corrected chi connectivity index (χ3v) is 5.20. The fraction of sp³-hybridized carbons (Fsp3) is 0.542. The molecule has 0 saturated carbocycles. The first-order valence-electron chi connectivity index (χ1n) is 10.9. The Morgan fingerprint density at radius 3 is 2.17 bits per heavy atom. The molecular weight excluding hydrogens is 396 g/mol. The van der Waals surface area contributed by atoms with Gasteiger partial charge in [-0.3, -0.25) is 9.59 Å². The Labute approximate surface area is 186 Å². The number of nitrogens with zero attached hydrogens (tertiary/aromatic N) is 2. The number of thiazole rings is 1. The van der Waals surface area contributed by atoms with Crippen LogP contribution in [0.2, 0.25) is 0 Å². The maximum absolute atomic E-state index is 12.8. The Morgan fingerprint density at radius 2 is 1.70 bits per heavy atom. The van der Waals surface area contributed by atoms with E-state index in [4.69, 9.17) is 4.74 Å². The lowest BCUT2D eigenvalue weighted by atomic mass is 10.0. The van der Waals surface area contributed by atoms with Gasteiger partial charge in [-0.05, 0) is 43.5 Å². The van der Waals surface area contributed by atoms with Gasteiger partial charge in [0.05, 0.1) is 12.8 Å². The summed E-state index contributed by atoms with van der Waals surface area (Å²) in [6, 6.07) is 5.26. The minimum Gasteiger partial charge on any atom is -0.497 e. The Morgan fingerprint density at radius 1 is 1.10 bits per heavy atom. The van der Waals surface area contributed by atoms with Crippen molar-refractivity contribution in [2.75, 3.05) is 20.2 Å². The molecule has 0 bridgehead atoms. The van der Waals surface area contributed by atoms with Gasteiger partial charge in [0.2, 0.25) is 0 Å². The maximum atomic E-state index is 12.8. The molecule has 30 heavy (non-hydrogen) atoms. The lowest BCUT2D eigenvalue weighted by Gasteiger charge is -2.20. The molecule has 168 valence electrons. The monoisotopic (exact) mass is 434 g/mol. The number of hydrogen-bond donors (Lipinski definition) is 0. The first-order chi connectivity index (χ1) is 14.4. The predicted molar refractivity (Wildman–Crippen MR) is 127 cm³/mol. The fourth-order valence-electron chi connectivity index (χ4n) is 2.66. The summed E-state index contributed by atoms with van der Waals surface area (Å²) in [5.74, 6) is 0.765. The molecule has 0 unspecified atom stereocenters. The molecule has 0 aliphatic rings. The zero-order valence-electron chi connectivity index (χ0n) is 20.0. The number of ether oxygens (including phenoxy) is 1. The summed E-state index contributed by atoms with van der Waals surface area (Å²) in [4.78, 5) is 31.7. The highest BCUT2D eigenvalue weighted by molar-refractivity contribution is 7.11. The van der Waals surface area contributed by atoms with E-state index in [9.17, 15) is 9.59 Å². The topological polar surface area (TPSA) is 59.5 Å². The first-order valence-corrected chi connectivity index (χ1v) is 11.7. The second-order valence-corrected chi connectivity index (χ2v) is 7.19. The van der Waals surface area contributed by atoms with Crippen LogP contribution in [0.4, 0.5) is 0 Å². The van der Waals surface area contributed by atoms with Crippen molar-refractivity contribution in [3.8, 4) is 5.75 Å². The van der Waals surface area contributed by atoms with Crippen LogP contribution in [0.5, 0.6) is 5.75 Å². The van der Waals surface area contributed by atoms with E-state index in [1.807, 2.05) is 60.8 Å². The van der Waals surface area contributed by atoms with Gasteiger partial charge in [-0.25, -0.2) is 4.98 Å². The molecule has 1 amide bonds. The predicted octanol–water partition coefficient (Wildman–Crippen LogP) is 6.23. The molecule has 5 nitrogen and oxygen atoms in total. The maximum Gasteiger partial charge on any atom is 0.254 e. The summed E-state index contributed by atoms with van der Waals surface area (Å²) in [6.45, 7) is 17.2. The fourth-order valence-corrected chi connectivity index (χ4v) is 3.58. The Balaban J connectivity index is 0.00000198. The molecule has 0 fully saturated rings. The molecule has 1 heterocycles. The molecule has 0 saturated heterocycles. The van der Waals surface area contributed by atoms with Gasteiger partial charge >= 0.3 is 0 Å². The number of methoxy groups -OCH3 is 1. The van der Waals surface area contributed by atoms with E-state index in [0.29, 0.717) is 35.0 Å². The van der Waals surface area contributed by atoms with E-state index >= 15 is 0 Å². The molecule has 1 aromatic heterocycles. The standard InChI is InChI=1S/C20H26N2O3S.2C2H6/c1-6-22(7-2)20(24)16-9-8-15(25-5)10-14(16)11-18(23)19-21-17(12-26-19)13(3)4;2*1-2/h8-10,12-13H,6-7,11H2,1-5H3;2*1-2H3. The highest BCUT2D eigenvalue weighted by atomic mass is 32.1. The lowest BCUT2D eigenvalue weighted by molar-refractivity contribution is 0.0772. The first kappa shape index (κ1) is 27.8. The van der Waals surface area contributed by atoms with Crippen LogP contribution in [-0.4, -0.2) is 41.8 Å². The van der Waals surface area contributed by atoms with Crippen molar-refractivity contribution < 1.29 is 14.3 Å². The number of amides is 1. The van der Waals surface area contributed by atoms with Crippen LogP contribution < -0.4 is 4.74 Å². The molecule has 0 aliphatic carbocycles. The molecule has 2 rings (SSSR count). The molecule has 0 atom stereocenters. The van der Waals surface area contributed by atoms with E-state index in [0.717, 1.165) is 5.69 Å². The van der Waals surface area contributed by atoms with Crippen molar-refractivity contribution in [1.82, 2.24) is 9.88 Å². The van der Waals surface area contributed by atoms with Crippen LogP contribution in [0.15, 0.2) is 23.6 Å². The SMILES string of the molecule is CC.CC.CCN(CC)C(=O)c1ccc(OC)cc1CC(=O)c1nc(C(C)C)cs1. The van der Waals surface area contributed by atoms with Crippen molar-refractivity contribution in [3.05, 3.63) is 45.4 Å². The number of aromatic nitrogens is 1. The molecule has 0 aliphatic heterocycles. The number of carbonyl (C=O) groups excluding carboxylic acids is 2. The normalized spacial score (nSPS) is 9.80. The number of ketones is 1. The van der Waals surface area contributed by atoms with E-state index in [1.54, 1.807) is 30.2 Å². The summed E-state index contributed by atoms with van der Waals surface area (Å²) in [5, 5.41) is 2.41. The van der Waals surface area contributed by atoms with Crippen molar-refractivity contribution in [3.63, 3.8) is 0 Å². The highest BCUT2D eigenvalue weighted by Crippen LogP contribution is 2.23. The zero-order valence-corrected chi connectivity index (χ0v) is 20.9. The van der Waals surface area contributed by atoms with Crippen LogP contribution >= 0.6 is 11.3 Å². The second-order valence-electron chi connectivity index (χ2n) is 6.33. The van der Waals surface area contributed by atoms with Gasteiger partial charge in [-0.2, -0.15) is 0 Å². The van der Waals surface area contributed by atoms with E-state index in [-0.39, 0.29) is 24.0 Å². The number of rotatable bonds is 8. The van der Waals surface area contributed by atoms with Crippen molar-refractivity contribution in [2.45, 2.75) is 67.7 Å². The van der Waals surface area contributed by atoms with Crippen molar-refractivity contribution in [2.24, 2.45) is 0 Å². The molecule has 1 aromatic carbocycles. The number of Topliss-reactive ketones (excluding diaryl/α,β-unsaturated/α-hetero) is 1. The van der Waals surface area contributed by atoms with E-state index < -0.39 is 0 Å². The van der Waals surface area contributed by atoms with Crippen LogP contribution in [0, 0.1) is 0 Å². The van der Waals surface area contributed by atoms with Crippen LogP contribution in [0.25, 0.3) is 0 Å². The molecule has 0 spiro atoms. The van der Waals surface area contributed by atoms with Gasteiger partial charge in [0.25, 0.3) is 5.91 Å². The van der Waals surface area contributed by atoms with Gasteiger partial charge in [0, 0.05) is 30.5 Å². The van der Waals surface area contributed by atoms with Gasteiger partial charge < -0.3 is 9.64 Å². The summed E-state index contributed by atoms with van der Waals surface area (Å²) in [5.41, 5.74) is 2.14. The number of benzene rings is 1. The second kappa shape index (κ2) is 14.7. The van der Waals surface area contributed by atoms with Crippen LogP contribution in [0.1, 0.15) is 92.7 Å². The van der Waals surface area contributed by atoms with Crippen LogP contribution in [-0.2, 0) is 6.42 Å². The molecule has 6 heteroatoms. The summed E-state index contributed by atoms with van der Waals surface area (Å²) < 4.78 is 5.28. The lowest BCUT2D eigenvalue weighted by Crippen LogP contribution is -2.31. The summed E-state index contributed by atoms with van der Waals surface area (Å²) in [7, 11) is 1.57. The van der Waals surface area contributed by atoms with Gasteiger partial charge in [0.1, 0.15) is 5.75 Å². The number of carbonyl (C=O) groups is 2. The van der Waals surface area contributed by atoms with Gasteiger partial charge in [-0.15, -0.1) is 11.3 Å². The molecule has 0 radical (unpaired) electrons. The Bertz CT molecular complexity index is 781. The van der Waals surface area contributed by atoms with Gasteiger partial charge in [-0.1, -0.05) is 41.5 Å². The average molecular weight is 435 g/mol. The smallest absolute Gasteiger partial charge is 0.254 e. The van der Waals surface area contributed by atoms with Crippen LogP contribution in [0.3, 0.4) is 0 Å². The molecule has 0 N–H and O–H groups in total. The minimum atomic E-state index is -0.0799. The Hall–Kier alpha value is -2.21. The minimum absolute atomic E-state index is 0.0672. The van der Waals surface area contributed by atoms with E-state index in [1.165, 1.54) is 11.3 Å². The van der Waals surface area contributed by atoms with Crippen molar-refractivity contribution in [1.29, 1.82) is 0 Å². The third-order valence-electron chi connectivity index (χ3n) is 4.30. The van der Waals surface area contributed by atoms with Gasteiger partial charge in [0.15, 0.2) is 10.8 Å². The summed E-state index contributed by atoms with van der Waals surface area (Å²) in [6.07, 6.45) is 0.130. The zero-order chi connectivity index (χ0) is 23.3. The molecular formula is C24H38N2O3S. The third kappa shape index (κ3) is 7.56. The average Bonchev–Trinajstić information content (AvgIpc) is 3.28. The quantitative estimate of drug-likeness (QED) is 0.462. The van der Waals surface area contributed by atoms with E-state index in [2.05, 4.69) is 4.98 Å². The molecule has 2 aromatic rings.